The van der Waals surface area contributed by atoms with Crippen LogP contribution in [-0.4, -0.2) is 26.6 Å². The third-order valence-electron chi connectivity index (χ3n) is 3.61. The molecule has 0 aliphatic heterocycles. The first kappa shape index (κ1) is 17.0. The maximum absolute atomic E-state index is 12.1. The van der Waals surface area contributed by atoms with E-state index in [1.165, 1.54) is 6.92 Å². The van der Waals surface area contributed by atoms with E-state index in [0.717, 1.165) is 11.3 Å². The molecular formula is C17H16N4O3S. The summed E-state index contributed by atoms with van der Waals surface area (Å²) in [4.78, 5) is 47.3. The van der Waals surface area contributed by atoms with Crippen LogP contribution >= 0.6 is 11.3 Å². The van der Waals surface area contributed by atoms with Gasteiger partial charge in [-0.3, -0.25) is 14.4 Å². The van der Waals surface area contributed by atoms with Crippen molar-refractivity contribution in [1.29, 1.82) is 0 Å². The van der Waals surface area contributed by atoms with Gasteiger partial charge in [0.25, 0.3) is 5.56 Å². The lowest BCUT2D eigenvalue weighted by molar-refractivity contribution is -0.116. The van der Waals surface area contributed by atoms with Gasteiger partial charge in [0.1, 0.15) is 5.82 Å². The molecule has 8 heteroatoms. The van der Waals surface area contributed by atoms with Crippen molar-refractivity contribution in [3.63, 3.8) is 0 Å². The van der Waals surface area contributed by atoms with Crippen LogP contribution in [0.1, 0.15) is 34.5 Å². The maximum Gasteiger partial charge on any atom is 0.258 e. The standard InChI is InChI=1S/C17H16N4O3S/c1-9-15(10(2)22)25-17(18-9)21-14(23)8-7-13-19-12-6-4-3-5-11(12)16(24)20-13/h3-6H,7-8H2,1-2H3,(H,18,21,23)(H,19,20,24). The van der Waals surface area contributed by atoms with Crippen molar-refractivity contribution in [1.82, 2.24) is 15.0 Å². The summed E-state index contributed by atoms with van der Waals surface area (Å²) >= 11 is 1.16. The zero-order chi connectivity index (χ0) is 18.0. The Morgan fingerprint density at radius 2 is 2.00 bits per heavy atom. The molecule has 2 heterocycles. The Bertz CT molecular complexity index is 1020. The number of hydrogen-bond donors (Lipinski definition) is 2. The highest BCUT2D eigenvalue weighted by atomic mass is 32.1. The zero-order valence-corrected chi connectivity index (χ0v) is 14.6. The van der Waals surface area contributed by atoms with Crippen molar-refractivity contribution in [2.24, 2.45) is 0 Å². The quantitative estimate of drug-likeness (QED) is 0.683. The number of hydrogen-bond acceptors (Lipinski definition) is 6. The molecule has 0 unspecified atom stereocenters. The van der Waals surface area contributed by atoms with E-state index in [1.807, 2.05) is 6.07 Å². The number of carbonyl (C=O) groups is 2. The van der Waals surface area contributed by atoms with E-state index in [9.17, 15) is 14.4 Å². The molecule has 2 aromatic heterocycles. The molecule has 0 atom stereocenters. The van der Waals surface area contributed by atoms with Gasteiger partial charge in [0.2, 0.25) is 5.91 Å². The predicted molar refractivity (Wildman–Crippen MR) is 96.2 cm³/mol. The molecule has 1 aromatic carbocycles. The number of nitrogens with one attached hydrogen (secondary N) is 2. The van der Waals surface area contributed by atoms with Gasteiger partial charge in [-0.1, -0.05) is 23.5 Å². The number of Topliss-reactive ketones (excluding diaryl/α,β-unsaturated/α-hetero) is 1. The number of rotatable bonds is 5. The normalized spacial score (nSPS) is 10.8. The van der Waals surface area contributed by atoms with Crippen molar-refractivity contribution < 1.29 is 9.59 Å². The lowest BCUT2D eigenvalue weighted by atomic mass is 10.2. The zero-order valence-electron chi connectivity index (χ0n) is 13.8. The number of amides is 1. The van der Waals surface area contributed by atoms with Crippen LogP contribution in [0.4, 0.5) is 5.13 Å². The minimum atomic E-state index is -0.250. The minimum absolute atomic E-state index is 0.0755. The van der Waals surface area contributed by atoms with Gasteiger partial charge >= 0.3 is 0 Å². The molecule has 0 radical (unpaired) electrons. The Morgan fingerprint density at radius 1 is 1.24 bits per heavy atom. The highest BCUT2D eigenvalue weighted by molar-refractivity contribution is 7.17. The van der Waals surface area contributed by atoms with E-state index < -0.39 is 0 Å². The number of ketones is 1. The fourth-order valence-electron chi connectivity index (χ4n) is 2.44. The summed E-state index contributed by atoms with van der Waals surface area (Å²) in [6.07, 6.45) is 0.450. The smallest absolute Gasteiger partial charge is 0.258 e. The average molecular weight is 356 g/mol. The third kappa shape index (κ3) is 3.80. The van der Waals surface area contributed by atoms with Crippen molar-refractivity contribution in [3.05, 3.63) is 51.0 Å². The fraction of sp³-hybridized carbons (Fsp3) is 0.235. The number of aromatic amines is 1. The minimum Gasteiger partial charge on any atom is -0.310 e. The molecule has 2 N–H and O–H groups in total. The molecule has 0 saturated carbocycles. The fourth-order valence-corrected chi connectivity index (χ4v) is 3.32. The van der Waals surface area contributed by atoms with Gasteiger partial charge in [-0.2, -0.15) is 0 Å². The van der Waals surface area contributed by atoms with Gasteiger partial charge in [0.05, 0.1) is 21.5 Å². The summed E-state index contributed by atoms with van der Waals surface area (Å²) in [7, 11) is 0. The third-order valence-corrected chi connectivity index (χ3v) is 4.79. The van der Waals surface area contributed by atoms with Crippen molar-refractivity contribution in [3.8, 4) is 0 Å². The first-order valence-electron chi connectivity index (χ1n) is 7.70. The van der Waals surface area contributed by atoms with Crippen LogP contribution in [0.15, 0.2) is 29.1 Å². The van der Waals surface area contributed by atoms with Crippen LogP contribution in [0.2, 0.25) is 0 Å². The number of benzene rings is 1. The van der Waals surface area contributed by atoms with Crippen molar-refractivity contribution >= 4 is 39.1 Å². The molecule has 1 amide bonds. The van der Waals surface area contributed by atoms with Crippen LogP contribution in [0.5, 0.6) is 0 Å². The van der Waals surface area contributed by atoms with Gasteiger partial charge in [-0.05, 0) is 19.1 Å². The number of H-pyrrole nitrogens is 1. The van der Waals surface area contributed by atoms with Gasteiger partial charge in [0.15, 0.2) is 10.9 Å². The van der Waals surface area contributed by atoms with E-state index in [2.05, 4.69) is 20.3 Å². The summed E-state index contributed by atoms with van der Waals surface area (Å²) in [5.41, 5.74) is 0.985. The van der Waals surface area contributed by atoms with Gasteiger partial charge in [-0.15, -0.1) is 0 Å². The van der Waals surface area contributed by atoms with Crippen LogP contribution in [0, 0.1) is 6.92 Å². The lowest BCUT2D eigenvalue weighted by Crippen LogP contribution is -2.16. The largest absolute Gasteiger partial charge is 0.310 e. The average Bonchev–Trinajstić information content (AvgIpc) is 2.93. The van der Waals surface area contributed by atoms with E-state index in [1.54, 1.807) is 25.1 Å². The summed E-state index contributed by atoms with van der Waals surface area (Å²) in [6.45, 7) is 3.19. The summed E-state index contributed by atoms with van der Waals surface area (Å²) in [5, 5.41) is 3.59. The van der Waals surface area contributed by atoms with Crippen molar-refractivity contribution in [2.75, 3.05) is 5.32 Å². The summed E-state index contributed by atoms with van der Waals surface area (Å²) < 4.78 is 0. The number of fused-ring (bicyclic) bond motifs is 1. The van der Waals surface area contributed by atoms with Crippen LogP contribution in [0.3, 0.4) is 0 Å². The Balaban J connectivity index is 1.67. The molecule has 0 aliphatic rings. The van der Waals surface area contributed by atoms with Gasteiger partial charge in [-0.25, -0.2) is 9.97 Å². The molecule has 0 fully saturated rings. The Hall–Kier alpha value is -2.87. The Labute approximate surface area is 147 Å². The van der Waals surface area contributed by atoms with E-state index in [4.69, 9.17) is 0 Å². The highest BCUT2D eigenvalue weighted by Crippen LogP contribution is 2.23. The lowest BCUT2D eigenvalue weighted by Gasteiger charge is -2.03. The first-order chi connectivity index (χ1) is 11.9. The number of nitrogens with zero attached hydrogens (tertiary/aromatic N) is 2. The molecule has 3 aromatic rings. The Morgan fingerprint density at radius 3 is 2.72 bits per heavy atom. The Kier molecular flexibility index (Phi) is 4.71. The second-order valence-corrected chi connectivity index (χ2v) is 6.57. The van der Waals surface area contributed by atoms with E-state index in [-0.39, 0.29) is 23.7 Å². The van der Waals surface area contributed by atoms with Crippen LogP contribution in [-0.2, 0) is 11.2 Å². The second kappa shape index (κ2) is 6.94. The molecule has 0 saturated heterocycles. The number of thiazole rings is 1. The number of para-hydroxylation sites is 1. The number of anilines is 1. The number of aromatic nitrogens is 3. The monoisotopic (exact) mass is 356 g/mol. The number of carbonyl (C=O) groups excluding carboxylic acids is 2. The van der Waals surface area contributed by atoms with Crippen LogP contribution in [0.25, 0.3) is 10.9 Å². The molecule has 0 spiro atoms. The summed E-state index contributed by atoms with van der Waals surface area (Å²) in [6, 6.07) is 7.05. The topological polar surface area (TPSA) is 105 Å². The molecule has 7 nitrogen and oxygen atoms in total. The molecule has 128 valence electrons. The number of aryl methyl sites for hydroxylation is 2. The highest BCUT2D eigenvalue weighted by Gasteiger charge is 2.14. The first-order valence-corrected chi connectivity index (χ1v) is 8.52. The van der Waals surface area contributed by atoms with Gasteiger partial charge < -0.3 is 10.3 Å². The predicted octanol–water partition coefficient (Wildman–Crippen LogP) is 2.46. The maximum atomic E-state index is 12.1. The second-order valence-electron chi connectivity index (χ2n) is 5.57. The van der Waals surface area contributed by atoms with E-state index in [0.29, 0.717) is 38.9 Å². The molecular weight excluding hydrogens is 340 g/mol. The van der Waals surface area contributed by atoms with Crippen molar-refractivity contribution in [2.45, 2.75) is 26.7 Å². The van der Waals surface area contributed by atoms with Crippen LogP contribution < -0.4 is 10.9 Å². The molecule has 3 rings (SSSR count). The molecule has 0 bridgehead atoms. The summed E-state index contributed by atoms with van der Waals surface area (Å²) in [5.74, 6) is 0.131. The van der Waals surface area contributed by atoms with Gasteiger partial charge in [0, 0.05) is 19.8 Å². The SMILES string of the molecule is CC(=O)c1sc(NC(=O)CCc2nc3ccccc3c(=O)[nH]2)nc1C. The molecule has 0 aliphatic carbocycles. The van der Waals surface area contributed by atoms with E-state index >= 15 is 0 Å². The molecule has 25 heavy (non-hydrogen) atoms.